The maximum absolute atomic E-state index is 12.4. The highest BCUT2D eigenvalue weighted by atomic mass is 16.5. The van der Waals surface area contributed by atoms with Crippen molar-refractivity contribution in [1.82, 2.24) is 4.40 Å². The van der Waals surface area contributed by atoms with Crippen LogP contribution in [-0.4, -0.2) is 23.6 Å². The van der Waals surface area contributed by atoms with Crippen molar-refractivity contribution in [3.05, 3.63) is 48.2 Å². The summed E-state index contributed by atoms with van der Waals surface area (Å²) in [7, 11) is 0. The van der Waals surface area contributed by atoms with E-state index in [1.165, 1.54) is 0 Å². The number of benzene rings is 1. The van der Waals surface area contributed by atoms with Crippen molar-refractivity contribution in [2.24, 2.45) is 5.92 Å². The number of ether oxygens (including phenoxy) is 2. The molecular weight excluding hydrogens is 302 g/mol. The Hall–Kier alpha value is -2.49. The van der Waals surface area contributed by atoms with Crippen LogP contribution in [0.3, 0.4) is 0 Å². The van der Waals surface area contributed by atoms with Crippen LogP contribution in [0.2, 0.25) is 0 Å². The topological polar surface area (TPSA) is 39.9 Å². The number of esters is 1. The number of rotatable bonds is 6. The number of hydrogen-bond donors (Lipinski definition) is 0. The van der Waals surface area contributed by atoms with Crippen LogP contribution in [0.1, 0.15) is 37.6 Å². The summed E-state index contributed by atoms with van der Waals surface area (Å²) in [5, 5.41) is 0.898. The number of pyridine rings is 1. The van der Waals surface area contributed by atoms with Gasteiger partial charge in [0.1, 0.15) is 5.75 Å². The van der Waals surface area contributed by atoms with E-state index in [-0.39, 0.29) is 5.97 Å². The van der Waals surface area contributed by atoms with Crippen LogP contribution in [0.5, 0.6) is 5.75 Å². The molecule has 4 heteroatoms. The molecule has 0 atom stereocenters. The number of nitrogens with zero attached hydrogens (tertiary/aromatic N) is 1. The summed E-state index contributed by atoms with van der Waals surface area (Å²) < 4.78 is 13.1. The molecule has 0 saturated carbocycles. The van der Waals surface area contributed by atoms with Gasteiger partial charge in [-0.3, -0.25) is 0 Å². The van der Waals surface area contributed by atoms with Crippen LogP contribution in [0.4, 0.5) is 0 Å². The van der Waals surface area contributed by atoms with Gasteiger partial charge in [-0.1, -0.05) is 32.0 Å². The van der Waals surface area contributed by atoms with E-state index >= 15 is 0 Å². The van der Waals surface area contributed by atoms with Crippen molar-refractivity contribution in [2.75, 3.05) is 13.2 Å². The monoisotopic (exact) mass is 325 g/mol. The predicted octanol–water partition coefficient (Wildman–Crippen LogP) is 4.69. The lowest BCUT2D eigenvalue weighted by molar-refractivity contribution is 0.0531. The third kappa shape index (κ3) is 3.09. The maximum atomic E-state index is 12.4. The molecule has 0 saturated heterocycles. The van der Waals surface area contributed by atoms with Gasteiger partial charge < -0.3 is 13.9 Å². The van der Waals surface area contributed by atoms with Crippen molar-refractivity contribution < 1.29 is 14.3 Å². The van der Waals surface area contributed by atoms with Crippen molar-refractivity contribution in [2.45, 2.75) is 27.2 Å². The fourth-order valence-corrected chi connectivity index (χ4v) is 2.83. The Labute approximate surface area is 142 Å². The first-order valence-corrected chi connectivity index (χ1v) is 8.44. The van der Waals surface area contributed by atoms with Gasteiger partial charge in [-0.05, 0) is 37.5 Å². The number of aromatic nitrogens is 1. The third-order valence-corrected chi connectivity index (χ3v) is 4.05. The summed E-state index contributed by atoms with van der Waals surface area (Å²) in [6.45, 7) is 7.22. The van der Waals surface area contributed by atoms with Gasteiger partial charge in [0.05, 0.1) is 36.0 Å². The van der Waals surface area contributed by atoms with Gasteiger partial charge in [-0.25, -0.2) is 4.79 Å². The van der Waals surface area contributed by atoms with E-state index in [4.69, 9.17) is 9.47 Å². The van der Waals surface area contributed by atoms with E-state index < -0.39 is 0 Å². The Morgan fingerprint density at radius 1 is 1.12 bits per heavy atom. The van der Waals surface area contributed by atoms with Crippen LogP contribution in [0.25, 0.3) is 16.4 Å². The fraction of sp³-hybridized carbons (Fsp3) is 0.350. The standard InChI is InChI=1S/C20H23NO3/c1-4-23-20(22)19-16-7-5-6-8-17(16)21-13-15(9-10-18(19)21)24-12-11-14(2)3/h5-10,13-14H,4,11-12H2,1-3H3. The van der Waals surface area contributed by atoms with Gasteiger partial charge in [0.2, 0.25) is 0 Å². The number of fused-ring (bicyclic) bond motifs is 3. The second-order valence-corrected chi connectivity index (χ2v) is 6.26. The first-order valence-electron chi connectivity index (χ1n) is 8.44. The lowest BCUT2D eigenvalue weighted by Crippen LogP contribution is -2.05. The van der Waals surface area contributed by atoms with E-state index in [2.05, 4.69) is 13.8 Å². The molecular formula is C20H23NO3. The molecule has 0 fully saturated rings. The smallest absolute Gasteiger partial charge is 0.340 e. The summed E-state index contributed by atoms with van der Waals surface area (Å²) >= 11 is 0. The van der Waals surface area contributed by atoms with E-state index in [0.717, 1.165) is 28.6 Å². The highest BCUT2D eigenvalue weighted by Gasteiger charge is 2.19. The highest BCUT2D eigenvalue weighted by molar-refractivity contribution is 6.11. The van der Waals surface area contributed by atoms with Crippen molar-refractivity contribution in [3.8, 4) is 5.75 Å². The van der Waals surface area contributed by atoms with Gasteiger partial charge in [-0.2, -0.15) is 0 Å². The average molecular weight is 325 g/mol. The van der Waals surface area contributed by atoms with Crippen LogP contribution < -0.4 is 4.74 Å². The number of hydrogen-bond acceptors (Lipinski definition) is 3. The zero-order valence-corrected chi connectivity index (χ0v) is 14.4. The number of carbonyl (C=O) groups is 1. The van der Waals surface area contributed by atoms with Crippen LogP contribution in [-0.2, 0) is 4.74 Å². The molecule has 0 radical (unpaired) electrons. The molecule has 3 rings (SSSR count). The molecule has 0 aliphatic heterocycles. The van der Waals surface area contributed by atoms with Crippen LogP contribution in [0.15, 0.2) is 42.6 Å². The zero-order chi connectivity index (χ0) is 17.1. The molecule has 24 heavy (non-hydrogen) atoms. The molecule has 2 heterocycles. The minimum atomic E-state index is -0.287. The Kier molecular flexibility index (Phi) is 4.74. The van der Waals surface area contributed by atoms with Gasteiger partial charge in [0.15, 0.2) is 0 Å². The largest absolute Gasteiger partial charge is 0.492 e. The maximum Gasteiger partial charge on any atom is 0.340 e. The van der Waals surface area contributed by atoms with Crippen molar-refractivity contribution in [1.29, 1.82) is 0 Å². The Morgan fingerprint density at radius 3 is 2.67 bits per heavy atom. The van der Waals surface area contributed by atoms with Crippen molar-refractivity contribution >= 4 is 22.4 Å². The Morgan fingerprint density at radius 2 is 1.92 bits per heavy atom. The third-order valence-electron chi connectivity index (χ3n) is 4.05. The molecule has 0 aliphatic rings. The molecule has 0 unspecified atom stereocenters. The summed E-state index contributed by atoms with van der Waals surface area (Å²) in [5.41, 5.74) is 2.43. The fourth-order valence-electron chi connectivity index (χ4n) is 2.83. The normalized spacial score (nSPS) is 11.3. The van der Waals surface area contributed by atoms with E-state index in [1.54, 1.807) is 0 Å². The second kappa shape index (κ2) is 6.95. The summed E-state index contributed by atoms with van der Waals surface area (Å²) in [6, 6.07) is 11.7. The van der Waals surface area contributed by atoms with E-state index in [1.807, 2.05) is 53.9 Å². The number of carbonyl (C=O) groups excluding carboxylic acids is 1. The Balaban J connectivity index is 2.06. The lowest BCUT2D eigenvalue weighted by Gasteiger charge is -2.09. The van der Waals surface area contributed by atoms with Gasteiger partial charge in [-0.15, -0.1) is 0 Å². The summed E-state index contributed by atoms with van der Waals surface area (Å²) in [5.74, 6) is 1.13. The van der Waals surface area contributed by atoms with E-state index in [9.17, 15) is 4.79 Å². The van der Waals surface area contributed by atoms with Gasteiger partial charge >= 0.3 is 5.97 Å². The van der Waals surface area contributed by atoms with Crippen LogP contribution in [0, 0.1) is 5.92 Å². The molecule has 4 nitrogen and oxygen atoms in total. The second-order valence-electron chi connectivity index (χ2n) is 6.26. The Bertz CT molecular complexity index is 864. The molecule has 0 aliphatic carbocycles. The molecule has 0 amide bonds. The minimum absolute atomic E-state index is 0.287. The van der Waals surface area contributed by atoms with Gasteiger partial charge in [0.25, 0.3) is 0 Å². The van der Waals surface area contributed by atoms with E-state index in [0.29, 0.717) is 24.7 Å². The van der Waals surface area contributed by atoms with Crippen LogP contribution >= 0.6 is 0 Å². The molecule has 2 aromatic heterocycles. The summed E-state index contributed by atoms with van der Waals surface area (Å²) in [6.07, 6.45) is 2.96. The lowest BCUT2D eigenvalue weighted by atomic mass is 10.1. The molecule has 3 aromatic rings. The predicted molar refractivity (Wildman–Crippen MR) is 95.8 cm³/mol. The molecule has 126 valence electrons. The van der Waals surface area contributed by atoms with Crippen molar-refractivity contribution in [3.63, 3.8) is 0 Å². The SMILES string of the molecule is CCOC(=O)c1c2ccccc2n2cc(OCCC(C)C)ccc12. The molecule has 0 bridgehead atoms. The molecule has 0 spiro atoms. The first kappa shape index (κ1) is 16.4. The minimum Gasteiger partial charge on any atom is -0.492 e. The quantitative estimate of drug-likeness (QED) is 0.617. The highest BCUT2D eigenvalue weighted by Crippen LogP contribution is 2.29. The first-order chi connectivity index (χ1) is 11.6. The number of para-hydroxylation sites is 1. The summed E-state index contributed by atoms with van der Waals surface area (Å²) in [4.78, 5) is 12.4. The molecule has 1 aromatic carbocycles. The molecule has 0 N–H and O–H groups in total. The van der Waals surface area contributed by atoms with Gasteiger partial charge in [0, 0.05) is 5.39 Å². The zero-order valence-electron chi connectivity index (χ0n) is 14.4. The average Bonchev–Trinajstić information content (AvgIpc) is 2.89.